The molecule has 0 aliphatic carbocycles. The van der Waals surface area contributed by atoms with Crippen molar-refractivity contribution in [2.24, 2.45) is 7.05 Å². The number of aromatic nitrogens is 3. The lowest BCUT2D eigenvalue weighted by molar-refractivity contribution is 0.304. The smallest absolute Gasteiger partial charge is 0.138 e. The third-order valence-corrected chi connectivity index (χ3v) is 4.19. The third kappa shape index (κ3) is 2.74. The molecule has 2 heterocycles. The van der Waals surface area contributed by atoms with Crippen LogP contribution in [0.2, 0.25) is 5.02 Å². The molecular weight excluding hydrogens is 300 g/mol. The molecule has 0 radical (unpaired) electrons. The molecule has 0 amide bonds. The van der Waals surface area contributed by atoms with Gasteiger partial charge in [0.25, 0.3) is 0 Å². The quantitative estimate of drug-likeness (QED) is 0.739. The SMILES string of the molecule is Cc1noc(C)c1CN(C)Cc1nc2cc(Cl)ccc2n1C. The second-order valence-corrected chi connectivity index (χ2v) is 6.13. The third-order valence-electron chi connectivity index (χ3n) is 3.96. The maximum absolute atomic E-state index is 6.04. The lowest BCUT2D eigenvalue weighted by Crippen LogP contribution is -2.20. The Morgan fingerprint density at radius 1 is 1.27 bits per heavy atom. The molecule has 0 atom stereocenters. The van der Waals surface area contributed by atoms with Crippen LogP contribution in [0.25, 0.3) is 11.0 Å². The Labute approximate surface area is 134 Å². The molecule has 0 N–H and O–H groups in total. The zero-order valence-electron chi connectivity index (χ0n) is 13.2. The summed E-state index contributed by atoms with van der Waals surface area (Å²) < 4.78 is 7.33. The van der Waals surface area contributed by atoms with E-state index in [2.05, 4.69) is 26.7 Å². The Balaban J connectivity index is 1.82. The highest BCUT2D eigenvalue weighted by Crippen LogP contribution is 2.21. The Morgan fingerprint density at radius 3 is 2.73 bits per heavy atom. The molecule has 6 heteroatoms. The highest BCUT2D eigenvalue weighted by atomic mass is 35.5. The average Bonchev–Trinajstić information content (AvgIpc) is 2.93. The fourth-order valence-electron chi connectivity index (χ4n) is 2.66. The summed E-state index contributed by atoms with van der Waals surface area (Å²) in [6, 6.07) is 5.79. The zero-order valence-corrected chi connectivity index (χ0v) is 14.0. The second-order valence-electron chi connectivity index (χ2n) is 5.70. The Hall–Kier alpha value is -1.85. The molecule has 22 heavy (non-hydrogen) atoms. The van der Waals surface area contributed by atoms with Crippen molar-refractivity contribution in [2.45, 2.75) is 26.9 Å². The van der Waals surface area contributed by atoms with Crippen molar-refractivity contribution in [1.29, 1.82) is 0 Å². The van der Waals surface area contributed by atoms with Crippen LogP contribution in [0.4, 0.5) is 0 Å². The first-order chi connectivity index (χ1) is 10.5. The summed E-state index contributed by atoms with van der Waals surface area (Å²) >= 11 is 6.04. The summed E-state index contributed by atoms with van der Waals surface area (Å²) in [6.07, 6.45) is 0. The van der Waals surface area contributed by atoms with Gasteiger partial charge in [-0.05, 0) is 39.1 Å². The van der Waals surface area contributed by atoms with Gasteiger partial charge < -0.3 is 9.09 Å². The molecule has 0 spiro atoms. The minimum Gasteiger partial charge on any atom is -0.361 e. The summed E-state index contributed by atoms with van der Waals surface area (Å²) in [7, 11) is 4.10. The fourth-order valence-corrected chi connectivity index (χ4v) is 2.83. The molecule has 2 aromatic heterocycles. The van der Waals surface area contributed by atoms with Crippen LogP contribution in [-0.4, -0.2) is 26.7 Å². The van der Waals surface area contributed by atoms with Gasteiger partial charge in [-0.15, -0.1) is 0 Å². The molecule has 3 aromatic rings. The lowest BCUT2D eigenvalue weighted by atomic mass is 10.2. The molecule has 0 saturated carbocycles. The number of aryl methyl sites for hydroxylation is 3. The van der Waals surface area contributed by atoms with Gasteiger partial charge in [0, 0.05) is 24.2 Å². The molecule has 1 aromatic carbocycles. The number of nitrogens with zero attached hydrogens (tertiary/aromatic N) is 4. The van der Waals surface area contributed by atoms with Crippen molar-refractivity contribution in [2.75, 3.05) is 7.05 Å². The van der Waals surface area contributed by atoms with E-state index < -0.39 is 0 Å². The Morgan fingerprint density at radius 2 is 2.05 bits per heavy atom. The van der Waals surface area contributed by atoms with Crippen LogP contribution in [0, 0.1) is 13.8 Å². The number of hydrogen-bond donors (Lipinski definition) is 0. The molecule has 0 bridgehead atoms. The van der Waals surface area contributed by atoms with Gasteiger partial charge in [0.05, 0.1) is 23.3 Å². The van der Waals surface area contributed by atoms with E-state index in [1.807, 2.05) is 39.1 Å². The summed E-state index contributed by atoms with van der Waals surface area (Å²) in [5.74, 6) is 1.88. The van der Waals surface area contributed by atoms with E-state index in [4.69, 9.17) is 16.1 Å². The minimum absolute atomic E-state index is 0.709. The molecule has 0 unspecified atom stereocenters. The monoisotopic (exact) mass is 318 g/mol. The number of rotatable bonds is 4. The largest absolute Gasteiger partial charge is 0.361 e. The van der Waals surface area contributed by atoms with Gasteiger partial charge in [0.2, 0.25) is 0 Å². The summed E-state index contributed by atoms with van der Waals surface area (Å²) in [6.45, 7) is 5.44. The first-order valence-electron chi connectivity index (χ1n) is 7.17. The van der Waals surface area contributed by atoms with E-state index in [0.29, 0.717) is 5.02 Å². The van der Waals surface area contributed by atoms with Crippen LogP contribution in [0.15, 0.2) is 22.7 Å². The standard InChI is InChI=1S/C16H19ClN4O/c1-10-13(11(2)22-19-10)8-20(3)9-16-18-14-7-12(17)5-6-15(14)21(16)4/h5-7H,8-9H2,1-4H3. The van der Waals surface area contributed by atoms with E-state index in [9.17, 15) is 0 Å². The van der Waals surface area contributed by atoms with Crippen molar-refractivity contribution in [1.82, 2.24) is 19.6 Å². The van der Waals surface area contributed by atoms with Gasteiger partial charge in [-0.2, -0.15) is 0 Å². The predicted molar refractivity (Wildman–Crippen MR) is 86.9 cm³/mol. The highest BCUT2D eigenvalue weighted by Gasteiger charge is 2.14. The maximum Gasteiger partial charge on any atom is 0.138 e. The maximum atomic E-state index is 6.04. The molecule has 0 aliphatic heterocycles. The number of fused-ring (bicyclic) bond motifs is 1. The first kappa shape index (κ1) is 15.1. The summed E-state index contributed by atoms with van der Waals surface area (Å²) in [4.78, 5) is 6.89. The van der Waals surface area contributed by atoms with Gasteiger partial charge in [-0.3, -0.25) is 4.90 Å². The summed E-state index contributed by atoms with van der Waals surface area (Å²) in [5, 5.41) is 4.71. The molecule has 0 fully saturated rings. The van der Waals surface area contributed by atoms with Crippen molar-refractivity contribution in [3.63, 3.8) is 0 Å². The van der Waals surface area contributed by atoms with Gasteiger partial charge in [-0.1, -0.05) is 16.8 Å². The molecule has 5 nitrogen and oxygen atoms in total. The highest BCUT2D eigenvalue weighted by molar-refractivity contribution is 6.31. The van der Waals surface area contributed by atoms with Crippen LogP contribution in [-0.2, 0) is 20.1 Å². The minimum atomic E-state index is 0.709. The molecule has 3 rings (SSSR count). The van der Waals surface area contributed by atoms with Crippen LogP contribution in [0.5, 0.6) is 0 Å². The van der Waals surface area contributed by atoms with E-state index in [0.717, 1.165) is 47.0 Å². The number of imidazole rings is 1. The van der Waals surface area contributed by atoms with Crippen LogP contribution >= 0.6 is 11.6 Å². The molecule has 116 valence electrons. The Kier molecular flexibility index (Phi) is 3.93. The van der Waals surface area contributed by atoms with Crippen LogP contribution < -0.4 is 0 Å². The fraction of sp³-hybridized carbons (Fsp3) is 0.375. The van der Waals surface area contributed by atoms with Gasteiger partial charge in [-0.25, -0.2) is 4.98 Å². The molecular formula is C16H19ClN4O. The van der Waals surface area contributed by atoms with Crippen molar-refractivity contribution in [3.05, 3.63) is 46.1 Å². The Bertz CT molecular complexity index is 802. The van der Waals surface area contributed by atoms with Crippen LogP contribution in [0.1, 0.15) is 22.8 Å². The van der Waals surface area contributed by atoms with Gasteiger partial charge >= 0.3 is 0 Å². The van der Waals surface area contributed by atoms with E-state index in [1.165, 1.54) is 0 Å². The van der Waals surface area contributed by atoms with E-state index in [1.54, 1.807) is 0 Å². The summed E-state index contributed by atoms with van der Waals surface area (Å²) in [5.41, 5.74) is 4.10. The van der Waals surface area contributed by atoms with Gasteiger partial charge in [0.1, 0.15) is 11.6 Å². The number of benzene rings is 1. The number of hydrogen-bond acceptors (Lipinski definition) is 4. The van der Waals surface area contributed by atoms with E-state index in [-0.39, 0.29) is 0 Å². The zero-order chi connectivity index (χ0) is 15.9. The second kappa shape index (κ2) is 5.74. The normalized spacial score (nSPS) is 11.7. The molecule has 0 aliphatic rings. The topological polar surface area (TPSA) is 47.1 Å². The van der Waals surface area contributed by atoms with Crippen molar-refractivity contribution < 1.29 is 4.52 Å². The van der Waals surface area contributed by atoms with Gasteiger partial charge in [0.15, 0.2) is 0 Å². The molecule has 0 saturated heterocycles. The average molecular weight is 319 g/mol. The van der Waals surface area contributed by atoms with Crippen molar-refractivity contribution >= 4 is 22.6 Å². The number of halogens is 1. The van der Waals surface area contributed by atoms with E-state index >= 15 is 0 Å². The van der Waals surface area contributed by atoms with Crippen LogP contribution in [0.3, 0.4) is 0 Å². The lowest BCUT2D eigenvalue weighted by Gasteiger charge is -2.16. The first-order valence-corrected chi connectivity index (χ1v) is 7.54. The predicted octanol–water partition coefficient (Wildman–Crippen LogP) is 3.46. The van der Waals surface area contributed by atoms with Crippen molar-refractivity contribution in [3.8, 4) is 0 Å².